The fourth-order valence-electron chi connectivity index (χ4n) is 5.27. The number of hydrogen-bond donors (Lipinski definition) is 2. The monoisotopic (exact) mass is 550 g/mol. The first-order valence-electron chi connectivity index (χ1n) is 14.0. The van der Waals surface area contributed by atoms with Crippen LogP contribution in [0.5, 0.6) is 0 Å². The molecule has 0 unspecified atom stereocenters. The maximum Gasteiger partial charge on any atom is 0.253 e. The van der Waals surface area contributed by atoms with E-state index in [-0.39, 0.29) is 24.1 Å². The van der Waals surface area contributed by atoms with E-state index in [2.05, 4.69) is 21.6 Å². The number of nitrogens with one attached hydrogen (secondary N) is 2. The minimum atomic E-state index is -0.157. The van der Waals surface area contributed by atoms with Gasteiger partial charge in [-0.2, -0.15) is 5.26 Å². The summed E-state index contributed by atoms with van der Waals surface area (Å²) in [4.78, 5) is 45.3. The Morgan fingerprint density at radius 3 is 2.20 bits per heavy atom. The molecule has 9 heteroatoms. The highest BCUT2D eigenvalue weighted by atomic mass is 16.2. The molecule has 5 rings (SSSR count). The van der Waals surface area contributed by atoms with Crippen molar-refractivity contribution >= 4 is 29.1 Å². The van der Waals surface area contributed by atoms with Gasteiger partial charge in [-0.15, -0.1) is 0 Å². The quantitative estimate of drug-likeness (QED) is 0.488. The highest BCUT2D eigenvalue weighted by Crippen LogP contribution is 2.29. The van der Waals surface area contributed by atoms with E-state index in [9.17, 15) is 14.4 Å². The summed E-state index contributed by atoms with van der Waals surface area (Å²) in [6.07, 6.45) is 1.12. The van der Waals surface area contributed by atoms with Gasteiger partial charge in [0.05, 0.1) is 29.4 Å². The molecular weight excluding hydrogens is 516 g/mol. The van der Waals surface area contributed by atoms with Gasteiger partial charge in [-0.05, 0) is 61.0 Å². The fourth-order valence-corrected chi connectivity index (χ4v) is 5.27. The smallest absolute Gasteiger partial charge is 0.253 e. The van der Waals surface area contributed by atoms with Crippen LogP contribution in [0.2, 0.25) is 0 Å². The Bertz CT molecular complexity index is 1420. The van der Waals surface area contributed by atoms with Crippen LogP contribution in [0.15, 0.2) is 72.8 Å². The summed E-state index contributed by atoms with van der Waals surface area (Å²) in [5, 5.41) is 15.4. The second-order valence-corrected chi connectivity index (χ2v) is 10.3. The van der Waals surface area contributed by atoms with E-state index in [1.54, 1.807) is 35.2 Å². The van der Waals surface area contributed by atoms with E-state index < -0.39 is 0 Å². The molecule has 3 aromatic rings. The van der Waals surface area contributed by atoms with Gasteiger partial charge in [-0.3, -0.25) is 14.4 Å². The van der Waals surface area contributed by atoms with Crippen LogP contribution in [-0.4, -0.2) is 79.9 Å². The van der Waals surface area contributed by atoms with Gasteiger partial charge >= 0.3 is 0 Å². The molecule has 41 heavy (non-hydrogen) atoms. The van der Waals surface area contributed by atoms with Gasteiger partial charge in [0, 0.05) is 56.9 Å². The highest BCUT2D eigenvalue weighted by Gasteiger charge is 2.25. The summed E-state index contributed by atoms with van der Waals surface area (Å²) in [6, 6.07) is 23.8. The molecule has 2 saturated heterocycles. The Kier molecular flexibility index (Phi) is 8.92. The van der Waals surface area contributed by atoms with E-state index >= 15 is 0 Å². The first kappa shape index (κ1) is 27.9. The molecule has 0 radical (unpaired) electrons. The predicted octanol–water partition coefficient (Wildman–Crippen LogP) is 3.14. The van der Waals surface area contributed by atoms with Crippen molar-refractivity contribution in [1.82, 2.24) is 15.1 Å². The summed E-state index contributed by atoms with van der Waals surface area (Å²) in [5.41, 5.74) is 3.94. The SMILES string of the molecule is N#Cc1ccc(C(=O)N2CCN(c3ccc(C(=O)N4CCCNCC4)cc3NC(=O)Cc3ccccc3)CC2)cc1. The molecule has 0 spiro atoms. The van der Waals surface area contributed by atoms with Crippen molar-refractivity contribution in [3.8, 4) is 6.07 Å². The Morgan fingerprint density at radius 2 is 1.46 bits per heavy atom. The van der Waals surface area contributed by atoms with E-state index in [1.165, 1.54) is 0 Å². The largest absolute Gasteiger partial charge is 0.366 e. The van der Waals surface area contributed by atoms with Crippen molar-refractivity contribution < 1.29 is 14.4 Å². The average Bonchev–Trinajstić information content (AvgIpc) is 3.31. The standard InChI is InChI=1S/C32H34N6O3/c33-23-25-7-9-26(10-8-25)31(40)38-19-17-36(18-20-38)29-12-11-27(32(41)37-15-4-13-34-14-16-37)22-28(29)35-30(39)21-24-5-2-1-3-6-24/h1-3,5-12,22,34H,4,13-21H2,(H,35,39). The molecule has 0 bridgehead atoms. The van der Waals surface area contributed by atoms with Crippen LogP contribution in [0.1, 0.15) is 38.3 Å². The summed E-state index contributed by atoms with van der Waals surface area (Å²) in [6.45, 7) is 5.17. The third-order valence-corrected chi connectivity index (χ3v) is 7.52. The van der Waals surface area contributed by atoms with Gasteiger partial charge in [0.1, 0.15) is 0 Å². The molecule has 2 heterocycles. The molecule has 3 amide bonds. The zero-order valence-corrected chi connectivity index (χ0v) is 23.0. The third-order valence-electron chi connectivity index (χ3n) is 7.52. The lowest BCUT2D eigenvalue weighted by molar-refractivity contribution is -0.115. The lowest BCUT2D eigenvalue weighted by atomic mass is 10.1. The van der Waals surface area contributed by atoms with E-state index in [1.807, 2.05) is 47.4 Å². The second-order valence-electron chi connectivity index (χ2n) is 10.3. The molecule has 2 fully saturated rings. The third kappa shape index (κ3) is 6.91. The molecule has 0 atom stereocenters. The van der Waals surface area contributed by atoms with Crippen molar-refractivity contribution in [2.75, 3.05) is 62.6 Å². The molecule has 9 nitrogen and oxygen atoms in total. The van der Waals surface area contributed by atoms with Crippen LogP contribution < -0.4 is 15.5 Å². The molecule has 210 valence electrons. The number of hydrogen-bond acceptors (Lipinski definition) is 6. The van der Waals surface area contributed by atoms with E-state index in [0.717, 1.165) is 30.8 Å². The number of nitrogens with zero attached hydrogens (tertiary/aromatic N) is 4. The normalized spacial score (nSPS) is 15.5. The van der Waals surface area contributed by atoms with Gasteiger partial charge in [-0.1, -0.05) is 30.3 Å². The van der Waals surface area contributed by atoms with Gasteiger partial charge in [0.25, 0.3) is 11.8 Å². The highest BCUT2D eigenvalue weighted by molar-refractivity contribution is 6.00. The van der Waals surface area contributed by atoms with Crippen molar-refractivity contribution in [3.05, 3.63) is 95.1 Å². The minimum Gasteiger partial charge on any atom is -0.366 e. The second kappa shape index (κ2) is 13.1. The summed E-state index contributed by atoms with van der Waals surface area (Å²) >= 11 is 0. The van der Waals surface area contributed by atoms with Crippen LogP contribution in [0.4, 0.5) is 11.4 Å². The molecule has 0 aliphatic carbocycles. The first-order valence-corrected chi connectivity index (χ1v) is 14.0. The maximum absolute atomic E-state index is 13.4. The molecule has 3 aromatic carbocycles. The van der Waals surface area contributed by atoms with Crippen molar-refractivity contribution in [1.29, 1.82) is 5.26 Å². The van der Waals surface area contributed by atoms with Crippen molar-refractivity contribution in [2.45, 2.75) is 12.8 Å². The number of carbonyl (C=O) groups is 3. The van der Waals surface area contributed by atoms with Crippen molar-refractivity contribution in [2.24, 2.45) is 0 Å². The number of nitriles is 1. The van der Waals surface area contributed by atoms with E-state index in [4.69, 9.17) is 5.26 Å². The molecule has 0 saturated carbocycles. The van der Waals surface area contributed by atoms with Crippen LogP contribution in [0.25, 0.3) is 0 Å². The lowest BCUT2D eigenvalue weighted by Gasteiger charge is -2.37. The summed E-state index contributed by atoms with van der Waals surface area (Å²) in [7, 11) is 0. The first-order chi connectivity index (χ1) is 20.0. The van der Waals surface area contributed by atoms with Crippen LogP contribution in [0, 0.1) is 11.3 Å². The lowest BCUT2D eigenvalue weighted by Crippen LogP contribution is -2.49. The number of anilines is 2. The minimum absolute atomic E-state index is 0.0448. The number of amides is 3. The molecule has 2 aliphatic rings. The maximum atomic E-state index is 13.4. The Hall–Kier alpha value is -4.68. The summed E-state index contributed by atoms with van der Waals surface area (Å²) < 4.78 is 0. The fraction of sp³-hybridized carbons (Fsp3) is 0.312. The molecule has 2 aliphatic heterocycles. The zero-order valence-electron chi connectivity index (χ0n) is 23.0. The van der Waals surface area contributed by atoms with Crippen molar-refractivity contribution in [3.63, 3.8) is 0 Å². The number of piperazine rings is 1. The van der Waals surface area contributed by atoms with Gasteiger partial charge in [0.15, 0.2) is 0 Å². The van der Waals surface area contributed by atoms with Crippen LogP contribution in [-0.2, 0) is 11.2 Å². The topological polar surface area (TPSA) is 109 Å². The Morgan fingerprint density at radius 1 is 0.780 bits per heavy atom. The molecule has 2 N–H and O–H groups in total. The molecular formula is C32H34N6O3. The Balaban J connectivity index is 1.33. The predicted molar refractivity (Wildman–Crippen MR) is 158 cm³/mol. The zero-order chi connectivity index (χ0) is 28.6. The summed E-state index contributed by atoms with van der Waals surface area (Å²) in [5.74, 6) is -0.272. The van der Waals surface area contributed by atoms with Gasteiger partial charge in [0.2, 0.25) is 5.91 Å². The van der Waals surface area contributed by atoms with Crippen LogP contribution in [0.3, 0.4) is 0 Å². The number of benzene rings is 3. The molecule has 0 aromatic heterocycles. The number of rotatable bonds is 6. The van der Waals surface area contributed by atoms with Gasteiger partial charge in [-0.25, -0.2) is 0 Å². The van der Waals surface area contributed by atoms with Gasteiger partial charge < -0.3 is 25.3 Å². The number of carbonyl (C=O) groups excluding carboxylic acids is 3. The average molecular weight is 551 g/mol. The Labute approximate surface area is 240 Å². The van der Waals surface area contributed by atoms with E-state index in [0.29, 0.717) is 61.6 Å². The van der Waals surface area contributed by atoms with Crippen LogP contribution >= 0.6 is 0 Å².